The molecule has 6 heteroatoms. The molecular weight excluding hydrogens is 338 g/mol. The number of rotatable bonds is 7. The molecular formula is C21H23N5O. The highest BCUT2D eigenvalue weighted by Crippen LogP contribution is 2.25. The third-order valence-electron chi connectivity index (χ3n) is 4.15. The van der Waals surface area contributed by atoms with Crippen LogP contribution in [0.5, 0.6) is 0 Å². The van der Waals surface area contributed by atoms with E-state index in [0.29, 0.717) is 24.6 Å². The van der Waals surface area contributed by atoms with Gasteiger partial charge >= 0.3 is 0 Å². The van der Waals surface area contributed by atoms with Crippen LogP contribution in [0.4, 0.5) is 0 Å². The molecule has 0 aromatic carbocycles. The van der Waals surface area contributed by atoms with Gasteiger partial charge in [-0.15, -0.1) is 0 Å². The van der Waals surface area contributed by atoms with Crippen molar-refractivity contribution in [2.24, 2.45) is 21.6 Å². The lowest BCUT2D eigenvalue weighted by atomic mass is 9.95. The Morgan fingerprint density at radius 2 is 2.37 bits per heavy atom. The minimum Gasteiger partial charge on any atom is -0.496 e. The van der Waals surface area contributed by atoms with Gasteiger partial charge in [0.25, 0.3) is 0 Å². The van der Waals surface area contributed by atoms with Crippen LogP contribution in [-0.4, -0.2) is 43.8 Å². The molecule has 0 saturated carbocycles. The predicted octanol–water partition coefficient (Wildman–Crippen LogP) is 2.14. The molecule has 1 aliphatic carbocycles. The van der Waals surface area contributed by atoms with Gasteiger partial charge in [0.05, 0.1) is 19.4 Å². The molecule has 2 aliphatic rings. The van der Waals surface area contributed by atoms with E-state index in [1.165, 1.54) is 0 Å². The van der Waals surface area contributed by atoms with E-state index in [1.807, 2.05) is 48.7 Å². The maximum Gasteiger partial charge on any atom is 0.144 e. The Balaban J connectivity index is 1.59. The second-order valence-electron chi connectivity index (χ2n) is 5.97. The first-order valence-electron chi connectivity index (χ1n) is 8.82. The van der Waals surface area contributed by atoms with Crippen LogP contribution < -0.4 is 11.1 Å². The predicted molar refractivity (Wildman–Crippen MR) is 109 cm³/mol. The van der Waals surface area contributed by atoms with Crippen molar-refractivity contribution >= 4 is 12.1 Å². The molecule has 138 valence electrons. The van der Waals surface area contributed by atoms with E-state index >= 15 is 0 Å². The van der Waals surface area contributed by atoms with Crippen molar-refractivity contribution < 1.29 is 4.74 Å². The molecule has 6 nitrogen and oxygen atoms in total. The van der Waals surface area contributed by atoms with Crippen LogP contribution in [0.1, 0.15) is 5.69 Å². The Labute approximate surface area is 159 Å². The summed E-state index contributed by atoms with van der Waals surface area (Å²) in [6.07, 6.45) is 13.5. The van der Waals surface area contributed by atoms with Gasteiger partial charge < -0.3 is 15.8 Å². The zero-order valence-electron chi connectivity index (χ0n) is 15.3. The van der Waals surface area contributed by atoms with Gasteiger partial charge in [0, 0.05) is 43.1 Å². The molecule has 0 spiro atoms. The highest BCUT2D eigenvalue weighted by Gasteiger charge is 2.18. The molecule has 1 atom stereocenters. The van der Waals surface area contributed by atoms with Crippen molar-refractivity contribution in [1.82, 2.24) is 10.3 Å². The number of hydrogen-bond acceptors (Lipinski definition) is 5. The molecule has 1 aromatic heterocycles. The summed E-state index contributed by atoms with van der Waals surface area (Å²) in [6, 6.07) is 5.58. The number of nitrogens with two attached hydrogens (primary N) is 1. The average Bonchev–Trinajstić information content (AvgIpc) is 2.94. The Bertz CT molecular complexity index is 871. The summed E-state index contributed by atoms with van der Waals surface area (Å²) in [5.41, 5.74) is 11.8. The molecule has 0 bridgehead atoms. The lowest BCUT2D eigenvalue weighted by Crippen LogP contribution is -2.20. The Kier molecular flexibility index (Phi) is 6.39. The van der Waals surface area contributed by atoms with Gasteiger partial charge in [0.2, 0.25) is 0 Å². The van der Waals surface area contributed by atoms with Crippen LogP contribution in [0, 0.1) is 5.92 Å². The van der Waals surface area contributed by atoms with Crippen molar-refractivity contribution in [3.8, 4) is 0 Å². The maximum absolute atomic E-state index is 5.96. The summed E-state index contributed by atoms with van der Waals surface area (Å²) in [7, 11) is 1.68. The first-order valence-corrected chi connectivity index (χ1v) is 8.82. The molecule has 3 rings (SSSR count). The van der Waals surface area contributed by atoms with Crippen molar-refractivity contribution in [1.29, 1.82) is 0 Å². The van der Waals surface area contributed by atoms with Crippen LogP contribution in [0.25, 0.3) is 0 Å². The van der Waals surface area contributed by atoms with Crippen molar-refractivity contribution in [3.05, 3.63) is 83.2 Å². The number of amidine groups is 1. The van der Waals surface area contributed by atoms with Gasteiger partial charge in [-0.25, -0.2) is 0 Å². The summed E-state index contributed by atoms with van der Waals surface area (Å²) >= 11 is 0. The fourth-order valence-electron chi connectivity index (χ4n) is 2.79. The Hall–Kier alpha value is -3.37. The van der Waals surface area contributed by atoms with E-state index in [2.05, 4.69) is 32.1 Å². The third-order valence-corrected chi connectivity index (χ3v) is 4.15. The van der Waals surface area contributed by atoms with E-state index in [1.54, 1.807) is 13.3 Å². The van der Waals surface area contributed by atoms with Gasteiger partial charge in [-0.3, -0.25) is 15.0 Å². The highest BCUT2D eigenvalue weighted by atomic mass is 16.5. The van der Waals surface area contributed by atoms with Crippen molar-refractivity contribution in [2.45, 2.75) is 0 Å². The molecule has 1 unspecified atom stereocenters. The summed E-state index contributed by atoms with van der Waals surface area (Å²) in [5.74, 6) is 1.45. The monoisotopic (exact) mass is 361 g/mol. The summed E-state index contributed by atoms with van der Waals surface area (Å²) in [4.78, 5) is 12.9. The summed E-state index contributed by atoms with van der Waals surface area (Å²) < 4.78 is 5.60. The molecule has 0 fully saturated rings. The fraction of sp³-hybridized carbons (Fsp3) is 0.238. The van der Waals surface area contributed by atoms with Crippen LogP contribution in [0.3, 0.4) is 0 Å². The van der Waals surface area contributed by atoms with Crippen LogP contribution in [0.2, 0.25) is 0 Å². The maximum atomic E-state index is 5.96. The second-order valence-corrected chi connectivity index (χ2v) is 5.97. The number of hydrogen-bond donors (Lipinski definition) is 2. The standard InChI is InChI=1S/C21H23N5O/c1-27-20-14-17(7-4-8-18(20)16-6-5-10-23-15-16)24-12-13-26-21(22)19-9-2-3-11-25-19/h2-6,8-11,14,16,24H,12-13,15H2,1H3,(H2,22,26). The Morgan fingerprint density at radius 3 is 3.11 bits per heavy atom. The number of aliphatic imine (C=N–C) groups is 2. The van der Waals surface area contributed by atoms with Gasteiger partial charge in [-0.05, 0) is 30.4 Å². The Morgan fingerprint density at radius 1 is 1.44 bits per heavy atom. The van der Waals surface area contributed by atoms with E-state index in [9.17, 15) is 0 Å². The van der Waals surface area contributed by atoms with Gasteiger partial charge in [0.15, 0.2) is 0 Å². The number of nitrogens with zero attached hydrogens (tertiary/aromatic N) is 3. The lowest BCUT2D eigenvalue weighted by Gasteiger charge is -2.18. The number of ether oxygens (including phenoxy) is 1. The molecule has 0 saturated heterocycles. The lowest BCUT2D eigenvalue weighted by molar-refractivity contribution is 0.294. The minimum absolute atomic E-state index is 0.210. The topological polar surface area (TPSA) is 84.9 Å². The smallest absolute Gasteiger partial charge is 0.144 e. The zero-order chi connectivity index (χ0) is 18.9. The van der Waals surface area contributed by atoms with Crippen LogP contribution >= 0.6 is 0 Å². The molecule has 27 heavy (non-hydrogen) atoms. The summed E-state index contributed by atoms with van der Waals surface area (Å²) in [5, 5.41) is 3.31. The zero-order valence-corrected chi connectivity index (χ0v) is 15.3. The van der Waals surface area contributed by atoms with Crippen molar-refractivity contribution in [3.63, 3.8) is 0 Å². The number of pyridine rings is 1. The number of methoxy groups -OCH3 is 1. The van der Waals surface area contributed by atoms with E-state index < -0.39 is 0 Å². The van der Waals surface area contributed by atoms with Gasteiger partial charge in [-0.2, -0.15) is 0 Å². The minimum atomic E-state index is 0.210. The van der Waals surface area contributed by atoms with Crippen molar-refractivity contribution in [2.75, 3.05) is 26.7 Å². The second kappa shape index (κ2) is 9.36. The highest BCUT2D eigenvalue weighted by molar-refractivity contribution is 5.95. The number of aromatic nitrogens is 1. The van der Waals surface area contributed by atoms with E-state index in [-0.39, 0.29) is 5.92 Å². The van der Waals surface area contributed by atoms with Crippen LogP contribution in [0.15, 0.2) is 87.5 Å². The SMILES string of the molecule is COC1=CC(NCCN=C(N)c2ccccn2)=C=CC=C1C1C=CC=NC1. The van der Waals surface area contributed by atoms with Gasteiger partial charge in [-0.1, -0.05) is 17.9 Å². The molecule has 0 radical (unpaired) electrons. The molecule has 0 amide bonds. The molecule has 2 heterocycles. The fourth-order valence-corrected chi connectivity index (χ4v) is 2.79. The normalized spacial score (nSPS) is 19.1. The number of dihydropyridines is 1. The van der Waals surface area contributed by atoms with Crippen LogP contribution in [-0.2, 0) is 4.74 Å². The van der Waals surface area contributed by atoms with E-state index in [4.69, 9.17) is 10.5 Å². The number of nitrogens with one attached hydrogen (secondary N) is 1. The third kappa shape index (κ3) is 5.06. The molecule has 1 aromatic rings. The first-order chi connectivity index (χ1) is 13.3. The first kappa shape index (κ1) is 18.4. The summed E-state index contributed by atoms with van der Waals surface area (Å²) in [6.45, 7) is 1.88. The molecule has 1 aliphatic heterocycles. The largest absolute Gasteiger partial charge is 0.496 e. The molecule has 3 N–H and O–H groups in total. The van der Waals surface area contributed by atoms with Gasteiger partial charge in [0.1, 0.15) is 17.3 Å². The number of allylic oxidation sites excluding steroid dienone is 4. The van der Waals surface area contributed by atoms with E-state index in [0.717, 1.165) is 23.6 Å². The average molecular weight is 361 g/mol. The quantitative estimate of drug-likeness (QED) is 0.337.